The highest BCUT2D eigenvalue weighted by Gasteiger charge is 2.35. The van der Waals surface area contributed by atoms with E-state index in [0.29, 0.717) is 6.42 Å². The highest BCUT2D eigenvalue weighted by atomic mass is 32.2. The van der Waals surface area contributed by atoms with Crippen molar-refractivity contribution >= 4 is 21.8 Å². The number of anilines is 1. The zero-order chi connectivity index (χ0) is 15.7. The van der Waals surface area contributed by atoms with Gasteiger partial charge in [0.15, 0.2) is 0 Å². The highest BCUT2D eigenvalue weighted by Crippen LogP contribution is 2.31. The minimum Gasteiger partial charge on any atom is -0.506 e. The summed E-state index contributed by atoms with van der Waals surface area (Å²) in [5.74, 6) is -0.795. The lowest BCUT2D eigenvalue weighted by molar-refractivity contribution is -0.117. The van der Waals surface area contributed by atoms with Gasteiger partial charge < -0.3 is 10.4 Å². The number of carbonyl (C=O) groups is 1. The Morgan fingerprint density at radius 2 is 2.14 bits per heavy atom. The molecule has 8 heteroatoms. The van der Waals surface area contributed by atoms with E-state index in [4.69, 9.17) is 0 Å². The number of allylic oxidation sites excluding steroid dienone is 3. The van der Waals surface area contributed by atoms with Crippen molar-refractivity contribution < 1.29 is 18.3 Å². The van der Waals surface area contributed by atoms with Crippen LogP contribution >= 0.6 is 0 Å². The molecular weight excluding hydrogens is 306 g/mol. The highest BCUT2D eigenvalue weighted by molar-refractivity contribution is 7.92. The van der Waals surface area contributed by atoms with E-state index in [1.165, 1.54) is 12.1 Å². The molecular formula is C14H15N3O4S. The summed E-state index contributed by atoms with van der Waals surface area (Å²) in [7, 11) is -3.91. The third kappa shape index (κ3) is 2.77. The molecule has 1 saturated heterocycles. The van der Waals surface area contributed by atoms with Gasteiger partial charge in [-0.25, -0.2) is 9.03 Å². The molecule has 0 unspecified atom stereocenters. The topological polar surface area (TPSA) is 98.7 Å². The van der Waals surface area contributed by atoms with Gasteiger partial charge in [-0.1, -0.05) is 18.2 Å². The SMILES string of the molecule is O=C1CN(c2ccc(CC3=CC=CCN3)cc2O)S(=O)(=O)N1. The summed E-state index contributed by atoms with van der Waals surface area (Å²) in [6.07, 6.45) is 6.49. The molecule has 3 rings (SSSR count). The van der Waals surface area contributed by atoms with Crippen LogP contribution in [-0.4, -0.2) is 32.5 Å². The Hall–Kier alpha value is -2.48. The molecule has 1 aromatic rings. The summed E-state index contributed by atoms with van der Waals surface area (Å²) in [4.78, 5) is 11.2. The number of hydrogen-bond acceptors (Lipinski definition) is 5. The number of amides is 1. The largest absolute Gasteiger partial charge is 0.506 e. The van der Waals surface area contributed by atoms with Crippen molar-refractivity contribution in [3.05, 3.63) is 47.7 Å². The van der Waals surface area contributed by atoms with Crippen LogP contribution in [0.1, 0.15) is 5.56 Å². The quantitative estimate of drug-likeness (QED) is 0.736. The van der Waals surface area contributed by atoms with E-state index in [0.717, 1.165) is 22.1 Å². The van der Waals surface area contributed by atoms with Gasteiger partial charge in [-0.05, 0) is 23.8 Å². The van der Waals surface area contributed by atoms with E-state index in [9.17, 15) is 18.3 Å². The van der Waals surface area contributed by atoms with Gasteiger partial charge in [0.25, 0.3) is 5.91 Å². The fraction of sp³-hybridized carbons (Fsp3) is 0.214. The van der Waals surface area contributed by atoms with Crippen LogP contribution in [0.15, 0.2) is 42.1 Å². The molecule has 3 N–H and O–H groups in total. The lowest BCUT2D eigenvalue weighted by Crippen LogP contribution is -2.29. The fourth-order valence-corrected chi connectivity index (χ4v) is 3.56. The summed E-state index contributed by atoms with van der Waals surface area (Å²) in [6.45, 7) is 0.433. The number of hydrogen-bond donors (Lipinski definition) is 3. The summed E-state index contributed by atoms with van der Waals surface area (Å²) in [6, 6.07) is 4.74. The molecule has 2 aliphatic rings. The molecule has 0 aliphatic carbocycles. The monoisotopic (exact) mass is 321 g/mol. The van der Waals surface area contributed by atoms with Gasteiger partial charge in [0.2, 0.25) is 0 Å². The Kier molecular flexibility index (Phi) is 3.53. The van der Waals surface area contributed by atoms with E-state index in [1.807, 2.05) is 23.0 Å². The van der Waals surface area contributed by atoms with Crippen molar-refractivity contribution in [2.24, 2.45) is 0 Å². The van der Waals surface area contributed by atoms with Gasteiger partial charge in [0.05, 0.1) is 5.69 Å². The average Bonchev–Trinajstić information content (AvgIpc) is 2.73. The van der Waals surface area contributed by atoms with Crippen LogP contribution in [0.4, 0.5) is 5.69 Å². The number of phenols is 1. The van der Waals surface area contributed by atoms with Crippen LogP contribution < -0.4 is 14.3 Å². The number of nitrogens with zero attached hydrogens (tertiary/aromatic N) is 1. The molecule has 0 aromatic heterocycles. The van der Waals surface area contributed by atoms with E-state index >= 15 is 0 Å². The Bertz CT molecular complexity index is 783. The Morgan fingerprint density at radius 1 is 1.32 bits per heavy atom. The van der Waals surface area contributed by atoms with Crippen molar-refractivity contribution in [1.29, 1.82) is 0 Å². The maximum absolute atomic E-state index is 11.8. The standard InChI is InChI=1S/C14H15N3O4S/c18-13-8-10(7-11-3-1-2-6-15-11)4-5-12(13)17-9-14(19)16-22(17,20)21/h1-5,8,15,18H,6-7,9H2,(H,16,19). The average molecular weight is 321 g/mol. The normalized spacial score (nSPS) is 19.5. The predicted molar refractivity (Wildman–Crippen MR) is 81.4 cm³/mol. The number of phenolic OH excluding ortho intramolecular Hbond substituents is 1. The van der Waals surface area contributed by atoms with Gasteiger partial charge in [0.1, 0.15) is 12.3 Å². The van der Waals surface area contributed by atoms with Crippen LogP contribution in [0.25, 0.3) is 0 Å². The second-order valence-electron chi connectivity index (χ2n) is 5.04. The first-order valence-corrected chi connectivity index (χ1v) is 8.14. The van der Waals surface area contributed by atoms with Crippen molar-refractivity contribution in [3.63, 3.8) is 0 Å². The zero-order valence-corrected chi connectivity index (χ0v) is 12.4. The van der Waals surface area contributed by atoms with Crippen molar-refractivity contribution in [2.75, 3.05) is 17.4 Å². The summed E-state index contributed by atoms with van der Waals surface area (Å²) < 4.78 is 26.3. The molecule has 22 heavy (non-hydrogen) atoms. The van der Waals surface area contributed by atoms with Gasteiger partial charge in [-0.3, -0.25) is 4.79 Å². The number of benzene rings is 1. The number of dihydropyridines is 1. The predicted octanol–water partition coefficient (Wildman–Crippen LogP) is 0.159. The first-order valence-electron chi connectivity index (χ1n) is 6.70. The van der Waals surface area contributed by atoms with Crippen LogP contribution in [0.2, 0.25) is 0 Å². The molecule has 0 spiro atoms. The third-order valence-corrected chi connectivity index (χ3v) is 4.80. The first-order chi connectivity index (χ1) is 10.5. The summed E-state index contributed by atoms with van der Waals surface area (Å²) in [5.41, 5.74) is 1.94. The van der Waals surface area contributed by atoms with E-state index in [-0.39, 0.29) is 18.0 Å². The number of rotatable bonds is 3. The van der Waals surface area contributed by atoms with Gasteiger partial charge in [-0.2, -0.15) is 8.42 Å². The molecule has 1 fully saturated rings. The lowest BCUT2D eigenvalue weighted by Gasteiger charge is -2.17. The molecule has 2 heterocycles. The van der Waals surface area contributed by atoms with Gasteiger partial charge in [0, 0.05) is 18.7 Å². The number of carbonyl (C=O) groups excluding carboxylic acids is 1. The zero-order valence-electron chi connectivity index (χ0n) is 11.6. The lowest BCUT2D eigenvalue weighted by atomic mass is 10.1. The minimum atomic E-state index is -3.91. The van der Waals surface area contributed by atoms with E-state index in [1.54, 1.807) is 6.07 Å². The van der Waals surface area contributed by atoms with E-state index < -0.39 is 16.1 Å². The van der Waals surface area contributed by atoms with Crippen LogP contribution in [0, 0.1) is 0 Å². The maximum atomic E-state index is 11.8. The van der Waals surface area contributed by atoms with Crippen LogP contribution in [0.3, 0.4) is 0 Å². The summed E-state index contributed by atoms with van der Waals surface area (Å²) >= 11 is 0. The maximum Gasteiger partial charge on any atom is 0.326 e. The molecule has 1 amide bonds. The van der Waals surface area contributed by atoms with Crippen LogP contribution in [-0.2, 0) is 21.4 Å². The molecule has 1 aromatic carbocycles. The number of nitrogens with one attached hydrogen (secondary N) is 2. The molecule has 2 aliphatic heterocycles. The second-order valence-corrected chi connectivity index (χ2v) is 6.63. The molecule has 0 saturated carbocycles. The van der Waals surface area contributed by atoms with Crippen molar-refractivity contribution in [2.45, 2.75) is 6.42 Å². The third-order valence-electron chi connectivity index (χ3n) is 3.40. The Labute approximate surface area is 128 Å². The molecule has 116 valence electrons. The Balaban J connectivity index is 1.85. The van der Waals surface area contributed by atoms with Crippen molar-refractivity contribution in [3.8, 4) is 5.75 Å². The number of aromatic hydroxyl groups is 1. The summed E-state index contributed by atoms with van der Waals surface area (Å²) in [5, 5.41) is 13.3. The first kappa shape index (κ1) is 14.5. The molecule has 0 bridgehead atoms. The van der Waals surface area contributed by atoms with Crippen LogP contribution in [0.5, 0.6) is 5.75 Å². The molecule has 7 nitrogen and oxygen atoms in total. The minimum absolute atomic E-state index is 0.0904. The fourth-order valence-electron chi connectivity index (χ4n) is 2.39. The van der Waals surface area contributed by atoms with Gasteiger partial charge >= 0.3 is 10.2 Å². The van der Waals surface area contributed by atoms with Gasteiger partial charge in [-0.15, -0.1) is 0 Å². The van der Waals surface area contributed by atoms with E-state index in [2.05, 4.69) is 5.32 Å². The molecule has 0 radical (unpaired) electrons. The smallest absolute Gasteiger partial charge is 0.326 e. The Morgan fingerprint density at radius 3 is 2.73 bits per heavy atom. The second kappa shape index (κ2) is 5.38. The molecule has 0 atom stereocenters. The van der Waals surface area contributed by atoms with Crippen molar-refractivity contribution in [1.82, 2.24) is 10.0 Å².